The van der Waals surface area contributed by atoms with Crippen LogP contribution in [0.15, 0.2) is 36.9 Å². The maximum absolute atomic E-state index is 12.0. The van der Waals surface area contributed by atoms with Crippen LogP contribution in [0.5, 0.6) is 0 Å². The van der Waals surface area contributed by atoms with Crippen molar-refractivity contribution in [1.29, 1.82) is 0 Å². The lowest BCUT2D eigenvalue weighted by molar-refractivity contribution is -0.142. The Kier molecular flexibility index (Phi) is 4.30. The molecule has 1 heterocycles. The van der Waals surface area contributed by atoms with Crippen LogP contribution in [-0.2, 0) is 9.53 Å². The van der Waals surface area contributed by atoms with E-state index in [9.17, 15) is 14.4 Å². The molecule has 1 aliphatic heterocycles. The van der Waals surface area contributed by atoms with Crippen molar-refractivity contribution in [3.05, 3.63) is 48.0 Å². The average Bonchev–Trinajstić information content (AvgIpc) is 2.70. The predicted octanol–water partition coefficient (Wildman–Crippen LogP) is 1.79. The van der Waals surface area contributed by atoms with Gasteiger partial charge < -0.3 is 4.74 Å². The molecule has 0 unspecified atom stereocenters. The molecule has 20 heavy (non-hydrogen) atoms. The number of hydrogen-bond acceptors (Lipinski definition) is 4. The van der Waals surface area contributed by atoms with Gasteiger partial charge in [0.1, 0.15) is 6.61 Å². The second kappa shape index (κ2) is 6.14. The summed E-state index contributed by atoms with van der Waals surface area (Å²) in [5.74, 6) is -0.961. The third-order valence-electron chi connectivity index (χ3n) is 3.00. The van der Waals surface area contributed by atoms with Gasteiger partial charge in [0, 0.05) is 13.0 Å². The maximum atomic E-state index is 12.0. The van der Waals surface area contributed by atoms with Gasteiger partial charge in [-0.25, -0.2) is 0 Å². The minimum absolute atomic E-state index is 0.168. The zero-order chi connectivity index (χ0) is 14.5. The number of carbonyl (C=O) groups excluding carboxylic acids is 3. The number of amides is 2. The second-order valence-corrected chi connectivity index (χ2v) is 4.38. The standard InChI is InChI=1S/C15H15NO4/c1-2-10-20-13(17)8-5-9-16-14(18)11-6-3-4-7-12(11)15(16)19/h2-4,6-7H,1,5,8-10H2. The summed E-state index contributed by atoms with van der Waals surface area (Å²) in [4.78, 5) is 36.5. The van der Waals surface area contributed by atoms with Gasteiger partial charge in [-0.2, -0.15) is 0 Å². The van der Waals surface area contributed by atoms with Gasteiger partial charge in [0.25, 0.3) is 11.8 Å². The molecule has 0 aliphatic carbocycles. The first-order valence-corrected chi connectivity index (χ1v) is 6.37. The van der Waals surface area contributed by atoms with Crippen LogP contribution in [0.1, 0.15) is 33.6 Å². The number of fused-ring (bicyclic) bond motifs is 1. The van der Waals surface area contributed by atoms with Crippen molar-refractivity contribution in [3.63, 3.8) is 0 Å². The molecule has 2 amide bonds. The molecule has 0 saturated carbocycles. The topological polar surface area (TPSA) is 63.7 Å². The van der Waals surface area contributed by atoms with Gasteiger partial charge in [0.2, 0.25) is 0 Å². The molecule has 1 aromatic carbocycles. The zero-order valence-corrected chi connectivity index (χ0v) is 11.0. The fourth-order valence-corrected chi connectivity index (χ4v) is 2.05. The molecule has 1 aromatic rings. The number of imide groups is 1. The van der Waals surface area contributed by atoms with E-state index < -0.39 is 0 Å². The molecular weight excluding hydrogens is 258 g/mol. The summed E-state index contributed by atoms with van der Waals surface area (Å²) < 4.78 is 4.83. The van der Waals surface area contributed by atoms with E-state index in [1.807, 2.05) is 0 Å². The van der Waals surface area contributed by atoms with E-state index in [0.29, 0.717) is 17.5 Å². The maximum Gasteiger partial charge on any atom is 0.306 e. The molecule has 0 N–H and O–H groups in total. The van der Waals surface area contributed by atoms with Crippen LogP contribution in [0, 0.1) is 0 Å². The lowest BCUT2D eigenvalue weighted by Gasteiger charge is -2.13. The Hall–Kier alpha value is -2.43. The molecule has 104 valence electrons. The van der Waals surface area contributed by atoms with Crippen LogP contribution >= 0.6 is 0 Å². The van der Waals surface area contributed by atoms with Gasteiger partial charge in [-0.3, -0.25) is 19.3 Å². The van der Waals surface area contributed by atoms with E-state index in [0.717, 1.165) is 0 Å². The molecule has 0 spiro atoms. The van der Waals surface area contributed by atoms with Crippen LogP contribution in [0.4, 0.5) is 0 Å². The normalized spacial score (nSPS) is 13.3. The molecule has 5 nitrogen and oxygen atoms in total. The van der Waals surface area contributed by atoms with Gasteiger partial charge in [0.05, 0.1) is 11.1 Å². The highest BCUT2D eigenvalue weighted by Gasteiger charge is 2.34. The Balaban J connectivity index is 1.90. The number of benzene rings is 1. The first-order chi connectivity index (χ1) is 9.65. The highest BCUT2D eigenvalue weighted by molar-refractivity contribution is 6.21. The Morgan fingerprint density at radius 3 is 2.35 bits per heavy atom. The Bertz CT molecular complexity index is 530. The highest BCUT2D eigenvalue weighted by atomic mass is 16.5. The van der Waals surface area contributed by atoms with Crippen LogP contribution in [-0.4, -0.2) is 35.8 Å². The number of hydrogen-bond donors (Lipinski definition) is 0. The molecular formula is C15H15NO4. The van der Waals surface area contributed by atoms with Gasteiger partial charge in [0.15, 0.2) is 0 Å². The Labute approximate surface area is 116 Å². The zero-order valence-electron chi connectivity index (χ0n) is 11.0. The minimum Gasteiger partial charge on any atom is -0.461 e. The van der Waals surface area contributed by atoms with Crippen LogP contribution in [0.2, 0.25) is 0 Å². The van der Waals surface area contributed by atoms with E-state index in [1.54, 1.807) is 24.3 Å². The second-order valence-electron chi connectivity index (χ2n) is 4.38. The molecule has 1 aliphatic rings. The minimum atomic E-state index is -0.360. The van der Waals surface area contributed by atoms with Crippen molar-refractivity contribution in [2.75, 3.05) is 13.2 Å². The van der Waals surface area contributed by atoms with E-state index >= 15 is 0 Å². The largest absolute Gasteiger partial charge is 0.461 e. The molecule has 0 saturated heterocycles. The van der Waals surface area contributed by atoms with Crippen molar-refractivity contribution in [3.8, 4) is 0 Å². The molecule has 0 fully saturated rings. The summed E-state index contributed by atoms with van der Waals surface area (Å²) >= 11 is 0. The summed E-state index contributed by atoms with van der Waals surface area (Å²) in [6, 6.07) is 6.71. The van der Waals surface area contributed by atoms with Gasteiger partial charge >= 0.3 is 5.97 Å². The summed E-state index contributed by atoms with van der Waals surface area (Å²) in [5.41, 5.74) is 0.846. The summed E-state index contributed by atoms with van der Waals surface area (Å²) in [5, 5.41) is 0. The number of nitrogens with zero attached hydrogens (tertiary/aromatic N) is 1. The number of esters is 1. The molecule has 0 radical (unpaired) electrons. The molecule has 0 aromatic heterocycles. The SMILES string of the molecule is C=CCOC(=O)CCCN1C(=O)c2ccccc2C1=O. The van der Waals surface area contributed by atoms with E-state index in [4.69, 9.17) is 4.74 Å². The Morgan fingerprint density at radius 1 is 1.20 bits per heavy atom. The Morgan fingerprint density at radius 2 is 1.80 bits per heavy atom. The van der Waals surface area contributed by atoms with Crippen LogP contribution in [0.3, 0.4) is 0 Å². The van der Waals surface area contributed by atoms with Gasteiger partial charge in [-0.05, 0) is 18.6 Å². The number of carbonyl (C=O) groups is 3. The molecule has 0 atom stereocenters. The lowest BCUT2D eigenvalue weighted by Crippen LogP contribution is -2.31. The van der Waals surface area contributed by atoms with Crippen LogP contribution in [0.25, 0.3) is 0 Å². The summed E-state index contributed by atoms with van der Waals surface area (Å²) in [6.07, 6.45) is 2.05. The fourth-order valence-electron chi connectivity index (χ4n) is 2.05. The smallest absolute Gasteiger partial charge is 0.306 e. The van der Waals surface area contributed by atoms with Gasteiger partial charge in [-0.1, -0.05) is 24.8 Å². The summed E-state index contributed by atoms with van der Waals surface area (Å²) in [6.45, 7) is 3.83. The monoisotopic (exact) mass is 273 g/mol. The summed E-state index contributed by atoms with van der Waals surface area (Å²) in [7, 11) is 0. The predicted molar refractivity (Wildman–Crippen MR) is 72.2 cm³/mol. The fraction of sp³-hybridized carbons (Fsp3) is 0.267. The van der Waals surface area contributed by atoms with E-state index in [2.05, 4.69) is 6.58 Å². The third-order valence-corrected chi connectivity index (χ3v) is 3.00. The number of rotatable bonds is 6. The first kappa shape index (κ1) is 14.0. The van der Waals surface area contributed by atoms with Crippen LogP contribution < -0.4 is 0 Å². The van der Waals surface area contributed by atoms with Crippen molar-refractivity contribution < 1.29 is 19.1 Å². The quantitative estimate of drug-likeness (QED) is 0.450. The van der Waals surface area contributed by atoms with Crippen molar-refractivity contribution in [1.82, 2.24) is 4.90 Å². The molecule has 2 rings (SSSR count). The number of ether oxygens (including phenoxy) is 1. The van der Waals surface area contributed by atoms with E-state index in [1.165, 1.54) is 11.0 Å². The molecule has 5 heteroatoms. The van der Waals surface area contributed by atoms with Gasteiger partial charge in [-0.15, -0.1) is 0 Å². The van der Waals surface area contributed by atoms with Crippen molar-refractivity contribution >= 4 is 17.8 Å². The third kappa shape index (κ3) is 2.77. The van der Waals surface area contributed by atoms with Crippen molar-refractivity contribution in [2.45, 2.75) is 12.8 Å². The lowest BCUT2D eigenvalue weighted by atomic mass is 10.1. The van der Waals surface area contributed by atoms with Crippen molar-refractivity contribution in [2.24, 2.45) is 0 Å². The molecule has 0 bridgehead atoms. The van der Waals surface area contributed by atoms with E-state index in [-0.39, 0.29) is 37.4 Å². The highest BCUT2D eigenvalue weighted by Crippen LogP contribution is 2.22. The average molecular weight is 273 g/mol. The first-order valence-electron chi connectivity index (χ1n) is 6.37.